The van der Waals surface area contributed by atoms with Crippen molar-refractivity contribution in [3.8, 4) is 0 Å². The van der Waals surface area contributed by atoms with Crippen molar-refractivity contribution >= 4 is 11.9 Å². The molecule has 1 amide bonds. The Morgan fingerprint density at radius 2 is 2.38 bits per heavy atom. The lowest BCUT2D eigenvalue weighted by molar-refractivity contribution is 0.182. The largest absolute Gasteiger partial charge is 0.417 e. The Kier molecular flexibility index (Phi) is 3.77. The number of amides is 1. The third kappa shape index (κ3) is 3.53. The standard InChI is InChI=1S/C11H10FN2O2/c1-7(2)16-11(15)14-10(13)8-4-3-5-9(12)6-8/h3-4,6H,1H2,2H3,(H2,13,14,15). The molecule has 4 nitrogen and oxygen atoms in total. The van der Waals surface area contributed by atoms with Gasteiger partial charge in [0.2, 0.25) is 0 Å². The van der Waals surface area contributed by atoms with Crippen molar-refractivity contribution < 1.29 is 13.9 Å². The maximum Gasteiger partial charge on any atom is 0.417 e. The fraction of sp³-hybridized carbons (Fsp3) is 0.0909. The van der Waals surface area contributed by atoms with Gasteiger partial charge >= 0.3 is 6.09 Å². The van der Waals surface area contributed by atoms with Gasteiger partial charge in [-0.25, -0.2) is 9.18 Å². The number of nitrogens with one attached hydrogen (secondary N) is 2. The smallest absolute Gasteiger partial charge is 0.416 e. The first kappa shape index (κ1) is 11.9. The number of alkyl carbamates (subject to hydrolysis) is 1. The van der Waals surface area contributed by atoms with Crippen LogP contribution < -0.4 is 5.32 Å². The minimum Gasteiger partial charge on any atom is -0.416 e. The molecule has 1 rings (SSSR count). The van der Waals surface area contributed by atoms with E-state index in [1.165, 1.54) is 19.1 Å². The van der Waals surface area contributed by atoms with Gasteiger partial charge in [0.1, 0.15) is 11.7 Å². The normalized spacial score (nSPS) is 9.38. The summed E-state index contributed by atoms with van der Waals surface area (Å²) < 4.78 is 17.4. The Hall–Kier alpha value is -2.17. The summed E-state index contributed by atoms with van der Waals surface area (Å²) in [5.41, 5.74) is 0.231. The first-order valence-corrected chi connectivity index (χ1v) is 4.39. The number of halogens is 1. The molecule has 0 saturated carbocycles. The van der Waals surface area contributed by atoms with E-state index in [4.69, 9.17) is 5.41 Å². The molecule has 0 unspecified atom stereocenters. The van der Waals surface area contributed by atoms with Crippen LogP contribution in [0, 0.1) is 17.3 Å². The molecule has 0 spiro atoms. The second-order valence-electron chi connectivity index (χ2n) is 3.02. The Bertz CT molecular complexity index is 443. The van der Waals surface area contributed by atoms with Gasteiger partial charge in [0.05, 0.1) is 5.76 Å². The SMILES string of the molecule is C=C(C)OC(=O)NC(=N)c1cc[c]c(F)c1. The van der Waals surface area contributed by atoms with E-state index in [9.17, 15) is 9.18 Å². The fourth-order valence-corrected chi connectivity index (χ4v) is 0.951. The molecule has 0 aliphatic carbocycles. The Labute approximate surface area is 92.2 Å². The van der Waals surface area contributed by atoms with Gasteiger partial charge in [-0.1, -0.05) is 18.7 Å². The van der Waals surface area contributed by atoms with Crippen LogP contribution in [0.25, 0.3) is 0 Å². The van der Waals surface area contributed by atoms with Crippen LogP contribution in [0.5, 0.6) is 0 Å². The lowest BCUT2D eigenvalue weighted by atomic mass is 10.2. The lowest BCUT2D eigenvalue weighted by Crippen LogP contribution is -2.30. The number of amidine groups is 1. The molecule has 0 saturated heterocycles. The summed E-state index contributed by atoms with van der Waals surface area (Å²) in [6.07, 6.45) is -0.828. The molecule has 0 aliphatic heterocycles. The highest BCUT2D eigenvalue weighted by Crippen LogP contribution is 2.02. The lowest BCUT2D eigenvalue weighted by Gasteiger charge is -2.07. The second-order valence-corrected chi connectivity index (χ2v) is 3.02. The molecule has 16 heavy (non-hydrogen) atoms. The van der Waals surface area contributed by atoms with Crippen LogP contribution in [-0.4, -0.2) is 11.9 Å². The van der Waals surface area contributed by atoms with E-state index in [1.54, 1.807) is 0 Å². The summed E-state index contributed by atoms with van der Waals surface area (Å²) >= 11 is 0. The van der Waals surface area contributed by atoms with E-state index < -0.39 is 11.9 Å². The molecule has 1 aromatic rings. The number of hydrogen-bond acceptors (Lipinski definition) is 3. The molecule has 0 aliphatic rings. The molecule has 83 valence electrons. The van der Waals surface area contributed by atoms with Gasteiger partial charge in [0.15, 0.2) is 0 Å². The summed E-state index contributed by atoms with van der Waals surface area (Å²) in [4.78, 5) is 11.1. The molecule has 2 N–H and O–H groups in total. The highest BCUT2D eigenvalue weighted by Gasteiger charge is 2.08. The first-order chi connectivity index (χ1) is 7.49. The van der Waals surface area contributed by atoms with Gasteiger partial charge in [-0.3, -0.25) is 10.7 Å². The molecule has 0 heterocycles. The number of ether oxygens (including phenoxy) is 1. The van der Waals surface area contributed by atoms with Crippen molar-refractivity contribution in [1.29, 1.82) is 5.41 Å². The number of carbonyl (C=O) groups is 1. The number of benzene rings is 1. The monoisotopic (exact) mass is 221 g/mol. The summed E-state index contributed by atoms with van der Waals surface area (Å²) in [7, 11) is 0. The minimum atomic E-state index is -0.828. The number of rotatable bonds is 2. The van der Waals surface area contributed by atoms with Crippen LogP contribution in [0.2, 0.25) is 0 Å². The third-order valence-corrected chi connectivity index (χ3v) is 1.55. The molecule has 0 aromatic heterocycles. The van der Waals surface area contributed by atoms with Crippen LogP contribution in [-0.2, 0) is 4.74 Å². The molecule has 0 fully saturated rings. The summed E-state index contributed by atoms with van der Waals surface area (Å²) in [5, 5.41) is 9.61. The van der Waals surface area contributed by atoms with Crippen LogP contribution in [0.3, 0.4) is 0 Å². The van der Waals surface area contributed by atoms with Crippen LogP contribution >= 0.6 is 0 Å². The van der Waals surface area contributed by atoms with Gasteiger partial charge in [-0.05, 0) is 13.0 Å². The van der Waals surface area contributed by atoms with Gasteiger partial charge in [-0.2, -0.15) is 0 Å². The summed E-state index contributed by atoms with van der Waals surface area (Å²) in [6.45, 7) is 4.87. The van der Waals surface area contributed by atoms with Crippen molar-refractivity contribution in [2.75, 3.05) is 0 Å². The zero-order valence-corrected chi connectivity index (χ0v) is 8.63. The van der Waals surface area contributed by atoms with E-state index in [0.29, 0.717) is 0 Å². The van der Waals surface area contributed by atoms with E-state index >= 15 is 0 Å². The fourth-order valence-electron chi connectivity index (χ4n) is 0.951. The van der Waals surface area contributed by atoms with Crippen LogP contribution in [0.1, 0.15) is 12.5 Å². The van der Waals surface area contributed by atoms with E-state index in [1.807, 2.05) is 0 Å². The molecule has 1 radical (unpaired) electrons. The molecule has 1 aromatic carbocycles. The van der Waals surface area contributed by atoms with Crippen molar-refractivity contribution in [2.24, 2.45) is 0 Å². The average molecular weight is 221 g/mol. The van der Waals surface area contributed by atoms with E-state index in [-0.39, 0.29) is 17.2 Å². The second kappa shape index (κ2) is 5.06. The van der Waals surface area contributed by atoms with Crippen molar-refractivity contribution in [3.63, 3.8) is 0 Å². The van der Waals surface area contributed by atoms with Crippen molar-refractivity contribution in [3.05, 3.63) is 48.0 Å². The molecule has 5 heteroatoms. The number of allylic oxidation sites excluding steroid dienone is 1. The Morgan fingerprint density at radius 1 is 1.69 bits per heavy atom. The van der Waals surface area contributed by atoms with E-state index in [2.05, 4.69) is 22.7 Å². The van der Waals surface area contributed by atoms with Gasteiger partial charge in [-0.15, -0.1) is 0 Å². The maximum atomic E-state index is 12.8. The zero-order valence-electron chi connectivity index (χ0n) is 8.63. The predicted molar refractivity (Wildman–Crippen MR) is 56.5 cm³/mol. The van der Waals surface area contributed by atoms with Crippen LogP contribution in [0.15, 0.2) is 30.5 Å². The molecule has 0 atom stereocenters. The van der Waals surface area contributed by atoms with Gasteiger partial charge in [0.25, 0.3) is 0 Å². The summed E-state index contributed by atoms with van der Waals surface area (Å²) in [5.74, 6) is -0.644. The molecule has 0 bridgehead atoms. The van der Waals surface area contributed by atoms with Gasteiger partial charge in [0, 0.05) is 11.6 Å². The van der Waals surface area contributed by atoms with Crippen molar-refractivity contribution in [1.82, 2.24) is 5.32 Å². The van der Waals surface area contributed by atoms with Gasteiger partial charge < -0.3 is 4.74 Å². The van der Waals surface area contributed by atoms with Crippen LogP contribution in [0.4, 0.5) is 9.18 Å². The van der Waals surface area contributed by atoms with E-state index in [0.717, 1.165) is 6.07 Å². The predicted octanol–water partition coefficient (Wildman–Crippen LogP) is 2.21. The Balaban J connectivity index is 2.66. The molecular formula is C11H10FN2O2. The van der Waals surface area contributed by atoms with Crippen molar-refractivity contribution in [2.45, 2.75) is 6.92 Å². The maximum absolute atomic E-state index is 12.8. The quantitative estimate of drug-likeness (QED) is 0.457. The number of hydrogen-bond donors (Lipinski definition) is 2. The highest BCUT2D eigenvalue weighted by molar-refractivity contribution is 6.04. The summed E-state index contributed by atoms with van der Waals surface area (Å²) in [6, 6.07) is 6.15. The third-order valence-electron chi connectivity index (χ3n) is 1.55. The average Bonchev–Trinajstić information content (AvgIpc) is 2.16. The Morgan fingerprint density at radius 3 is 2.94 bits per heavy atom. The molecular weight excluding hydrogens is 211 g/mol. The first-order valence-electron chi connectivity index (χ1n) is 4.39. The zero-order chi connectivity index (χ0) is 12.1. The highest BCUT2D eigenvalue weighted by atomic mass is 19.1. The number of carbonyl (C=O) groups excluding carboxylic acids is 1. The topological polar surface area (TPSA) is 62.2 Å². The minimum absolute atomic E-state index is 0.206.